The van der Waals surface area contributed by atoms with Crippen molar-refractivity contribution >= 4 is 27.0 Å². The van der Waals surface area contributed by atoms with Crippen LogP contribution in [0.5, 0.6) is 0 Å². The molecule has 21 heavy (non-hydrogen) atoms. The molecule has 1 N–H and O–H groups in total. The molecule has 1 atom stereocenters. The molecule has 0 radical (unpaired) electrons. The molecular formula is C17H16BrN3. The largest absolute Gasteiger partial charge is 0.305 e. The van der Waals surface area contributed by atoms with Gasteiger partial charge in [0.15, 0.2) is 0 Å². The first-order valence-corrected chi connectivity index (χ1v) is 7.71. The fourth-order valence-corrected chi connectivity index (χ4v) is 2.47. The smallest absolute Gasteiger partial charge is 0.0890 e. The van der Waals surface area contributed by atoms with Crippen LogP contribution in [0.4, 0.5) is 0 Å². The van der Waals surface area contributed by atoms with Crippen LogP contribution < -0.4 is 5.32 Å². The van der Waals surface area contributed by atoms with Crippen molar-refractivity contribution in [2.24, 2.45) is 0 Å². The van der Waals surface area contributed by atoms with E-state index in [0.717, 1.165) is 21.2 Å². The minimum atomic E-state index is 0.270. The Morgan fingerprint density at radius 1 is 1.05 bits per heavy atom. The molecule has 0 aliphatic carbocycles. The number of hydrogen-bond donors (Lipinski definition) is 1. The van der Waals surface area contributed by atoms with Crippen molar-refractivity contribution in [3.05, 3.63) is 70.5 Å². The van der Waals surface area contributed by atoms with Crippen molar-refractivity contribution in [3.8, 4) is 0 Å². The summed E-state index contributed by atoms with van der Waals surface area (Å²) in [7, 11) is 0. The first kappa shape index (κ1) is 14.2. The molecule has 0 amide bonds. The Kier molecular flexibility index (Phi) is 4.27. The van der Waals surface area contributed by atoms with E-state index in [1.165, 1.54) is 5.56 Å². The Labute approximate surface area is 132 Å². The van der Waals surface area contributed by atoms with Gasteiger partial charge in [-0.2, -0.15) is 0 Å². The van der Waals surface area contributed by atoms with E-state index in [-0.39, 0.29) is 6.04 Å². The Bertz CT molecular complexity index is 740. The van der Waals surface area contributed by atoms with Crippen molar-refractivity contribution in [1.82, 2.24) is 15.3 Å². The van der Waals surface area contributed by atoms with Crippen molar-refractivity contribution in [2.75, 3.05) is 0 Å². The van der Waals surface area contributed by atoms with Gasteiger partial charge in [0.05, 0.1) is 22.9 Å². The summed E-state index contributed by atoms with van der Waals surface area (Å²) in [6, 6.07) is 16.6. The molecular weight excluding hydrogens is 326 g/mol. The van der Waals surface area contributed by atoms with E-state index in [9.17, 15) is 0 Å². The Hall–Kier alpha value is -1.78. The molecule has 1 aromatic heterocycles. The van der Waals surface area contributed by atoms with E-state index in [4.69, 9.17) is 0 Å². The number of para-hydroxylation sites is 2. The topological polar surface area (TPSA) is 37.8 Å². The summed E-state index contributed by atoms with van der Waals surface area (Å²) < 4.78 is 1.10. The van der Waals surface area contributed by atoms with Crippen LogP contribution in [0.3, 0.4) is 0 Å². The molecule has 4 heteroatoms. The van der Waals surface area contributed by atoms with Gasteiger partial charge in [0, 0.05) is 17.1 Å². The highest BCUT2D eigenvalue weighted by Crippen LogP contribution is 2.17. The predicted molar refractivity (Wildman–Crippen MR) is 88.9 cm³/mol. The van der Waals surface area contributed by atoms with Gasteiger partial charge >= 0.3 is 0 Å². The summed E-state index contributed by atoms with van der Waals surface area (Å²) in [6.45, 7) is 2.85. The van der Waals surface area contributed by atoms with Crippen LogP contribution in [0.25, 0.3) is 11.0 Å². The number of nitrogens with one attached hydrogen (secondary N) is 1. The van der Waals surface area contributed by atoms with Crippen LogP contribution >= 0.6 is 15.9 Å². The second-order valence-electron chi connectivity index (χ2n) is 5.00. The quantitative estimate of drug-likeness (QED) is 0.771. The maximum absolute atomic E-state index is 4.62. The van der Waals surface area contributed by atoms with Gasteiger partial charge in [0.1, 0.15) is 0 Å². The Morgan fingerprint density at radius 2 is 1.76 bits per heavy atom. The third-order valence-electron chi connectivity index (χ3n) is 3.46. The minimum Gasteiger partial charge on any atom is -0.305 e. The van der Waals surface area contributed by atoms with E-state index in [1.54, 1.807) is 0 Å². The Balaban J connectivity index is 1.69. The summed E-state index contributed by atoms with van der Waals surface area (Å²) in [6.07, 6.45) is 1.84. The van der Waals surface area contributed by atoms with Gasteiger partial charge in [-0.3, -0.25) is 4.98 Å². The summed E-state index contributed by atoms with van der Waals surface area (Å²) >= 11 is 3.45. The molecule has 0 saturated carbocycles. The fraction of sp³-hybridized carbons (Fsp3) is 0.176. The zero-order chi connectivity index (χ0) is 14.7. The summed E-state index contributed by atoms with van der Waals surface area (Å²) in [5, 5.41) is 3.48. The van der Waals surface area contributed by atoms with E-state index >= 15 is 0 Å². The second-order valence-corrected chi connectivity index (χ2v) is 5.92. The normalized spacial score (nSPS) is 12.5. The monoisotopic (exact) mass is 341 g/mol. The molecule has 106 valence electrons. The SMILES string of the molecule is C[C@H](NCc1cnc2ccccc2n1)c1ccc(Br)cc1. The highest BCUT2D eigenvalue weighted by Gasteiger charge is 2.06. The van der Waals surface area contributed by atoms with Crippen LogP contribution in [0, 0.1) is 0 Å². The molecule has 2 aromatic carbocycles. The molecule has 0 bridgehead atoms. The van der Waals surface area contributed by atoms with E-state index < -0.39 is 0 Å². The van der Waals surface area contributed by atoms with Crippen LogP contribution in [0.1, 0.15) is 24.2 Å². The van der Waals surface area contributed by atoms with Gasteiger partial charge in [-0.05, 0) is 36.8 Å². The number of benzene rings is 2. The lowest BCUT2D eigenvalue weighted by Gasteiger charge is -2.14. The number of halogens is 1. The van der Waals surface area contributed by atoms with Gasteiger partial charge in [-0.1, -0.05) is 40.2 Å². The number of hydrogen-bond acceptors (Lipinski definition) is 3. The third-order valence-corrected chi connectivity index (χ3v) is 3.99. The molecule has 0 unspecified atom stereocenters. The fourth-order valence-electron chi connectivity index (χ4n) is 2.21. The molecule has 1 heterocycles. The summed E-state index contributed by atoms with van der Waals surface area (Å²) in [4.78, 5) is 9.06. The molecule has 0 spiro atoms. The molecule has 0 saturated heterocycles. The number of fused-ring (bicyclic) bond motifs is 1. The van der Waals surface area contributed by atoms with E-state index in [2.05, 4.69) is 62.4 Å². The maximum atomic E-state index is 4.62. The third kappa shape index (κ3) is 3.46. The first-order valence-electron chi connectivity index (χ1n) is 6.92. The number of rotatable bonds is 4. The van der Waals surface area contributed by atoms with Gasteiger partial charge in [-0.15, -0.1) is 0 Å². The lowest BCUT2D eigenvalue weighted by Crippen LogP contribution is -2.18. The lowest BCUT2D eigenvalue weighted by atomic mass is 10.1. The van der Waals surface area contributed by atoms with Crippen molar-refractivity contribution in [2.45, 2.75) is 19.5 Å². The van der Waals surface area contributed by atoms with Gasteiger partial charge in [-0.25, -0.2) is 4.98 Å². The average molecular weight is 342 g/mol. The summed E-state index contributed by atoms with van der Waals surface area (Å²) in [5.74, 6) is 0. The zero-order valence-electron chi connectivity index (χ0n) is 11.8. The zero-order valence-corrected chi connectivity index (χ0v) is 13.3. The van der Waals surface area contributed by atoms with Gasteiger partial charge < -0.3 is 5.32 Å². The van der Waals surface area contributed by atoms with Gasteiger partial charge in [0.25, 0.3) is 0 Å². The average Bonchev–Trinajstić information content (AvgIpc) is 2.53. The highest BCUT2D eigenvalue weighted by molar-refractivity contribution is 9.10. The van der Waals surface area contributed by atoms with E-state index in [0.29, 0.717) is 6.54 Å². The first-order chi connectivity index (χ1) is 10.2. The molecule has 0 fully saturated rings. The highest BCUT2D eigenvalue weighted by atomic mass is 79.9. The van der Waals surface area contributed by atoms with Crippen LogP contribution in [0.2, 0.25) is 0 Å². The molecule has 3 aromatic rings. The van der Waals surface area contributed by atoms with Crippen molar-refractivity contribution < 1.29 is 0 Å². The number of nitrogens with zero attached hydrogens (tertiary/aromatic N) is 2. The maximum Gasteiger partial charge on any atom is 0.0890 e. The molecule has 0 aliphatic rings. The van der Waals surface area contributed by atoms with E-state index in [1.807, 2.05) is 30.5 Å². The van der Waals surface area contributed by atoms with Crippen LogP contribution in [0.15, 0.2) is 59.2 Å². The Morgan fingerprint density at radius 3 is 2.52 bits per heavy atom. The van der Waals surface area contributed by atoms with Crippen LogP contribution in [-0.4, -0.2) is 9.97 Å². The molecule has 3 nitrogen and oxygen atoms in total. The molecule has 3 rings (SSSR count). The minimum absolute atomic E-state index is 0.270. The van der Waals surface area contributed by atoms with Crippen molar-refractivity contribution in [1.29, 1.82) is 0 Å². The van der Waals surface area contributed by atoms with Crippen LogP contribution in [-0.2, 0) is 6.54 Å². The summed E-state index contributed by atoms with van der Waals surface area (Å²) in [5.41, 5.74) is 4.08. The number of aromatic nitrogens is 2. The van der Waals surface area contributed by atoms with Crippen molar-refractivity contribution in [3.63, 3.8) is 0 Å². The van der Waals surface area contributed by atoms with Gasteiger partial charge in [0.2, 0.25) is 0 Å². The molecule has 0 aliphatic heterocycles. The lowest BCUT2D eigenvalue weighted by molar-refractivity contribution is 0.567. The predicted octanol–water partition coefficient (Wildman–Crippen LogP) is 4.24. The standard InChI is InChI=1S/C17H16BrN3/c1-12(13-6-8-14(18)9-7-13)19-10-15-11-20-16-4-2-3-5-17(16)21-15/h2-9,11-12,19H,10H2,1H3/t12-/m0/s1. The second kappa shape index (κ2) is 6.33.